The van der Waals surface area contributed by atoms with E-state index in [4.69, 9.17) is 25.5 Å². The van der Waals surface area contributed by atoms with E-state index in [9.17, 15) is 9.90 Å². The monoisotopic (exact) mass is 195 g/mol. The van der Waals surface area contributed by atoms with Gasteiger partial charge in [0.2, 0.25) is 0 Å². The summed E-state index contributed by atoms with van der Waals surface area (Å²) in [6.45, 7) is 1.29. The maximum atomic E-state index is 10.0. The van der Waals surface area contributed by atoms with E-state index in [2.05, 4.69) is 0 Å². The molecular formula is C6H11O7-. The third kappa shape index (κ3) is 1.95. The Morgan fingerprint density at radius 1 is 1.38 bits per heavy atom. The van der Waals surface area contributed by atoms with Crippen LogP contribution in [0, 0.1) is 0 Å². The highest BCUT2D eigenvalue weighted by molar-refractivity contribution is 5.74. The molecule has 0 aliphatic carbocycles. The lowest BCUT2D eigenvalue weighted by molar-refractivity contribution is -0.414. The Kier molecular flexibility index (Phi) is 3.36. The minimum atomic E-state index is -3.91. The molecule has 0 aromatic heterocycles. The Hall–Kier alpha value is -0.730. The zero-order chi connectivity index (χ0) is 10.9. The molecule has 0 saturated heterocycles. The van der Waals surface area contributed by atoms with Gasteiger partial charge in [-0.05, 0) is 6.42 Å². The average molecular weight is 195 g/mol. The highest BCUT2D eigenvalue weighted by atomic mass is 16.6. The molecule has 13 heavy (non-hydrogen) atoms. The summed E-state index contributed by atoms with van der Waals surface area (Å²) in [4.78, 5) is 10.0. The van der Waals surface area contributed by atoms with Crippen LogP contribution >= 0.6 is 0 Å². The Balaban J connectivity index is 4.90. The second kappa shape index (κ2) is 3.56. The third-order valence-corrected chi connectivity index (χ3v) is 1.65. The normalized spacial score (nSPS) is 15.5. The third-order valence-electron chi connectivity index (χ3n) is 1.65. The van der Waals surface area contributed by atoms with E-state index < -0.39 is 23.6 Å². The van der Waals surface area contributed by atoms with Crippen molar-refractivity contribution in [3.8, 4) is 0 Å². The number of hydrogen-bond acceptors (Lipinski definition) is 7. The number of aliphatic hydroxyl groups is 5. The van der Waals surface area contributed by atoms with E-state index in [-0.39, 0.29) is 6.42 Å². The first-order valence-corrected chi connectivity index (χ1v) is 3.46. The lowest BCUT2D eigenvalue weighted by Crippen LogP contribution is -2.68. The van der Waals surface area contributed by atoms with Crippen LogP contribution in [-0.4, -0.2) is 49.2 Å². The number of carboxylic acids is 1. The molecule has 5 N–H and O–H groups in total. The van der Waals surface area contributed by atoms with Crippen LogP contribution in [0.1, 0.15) is 13.3 Å². The number of hydrogen-bond donors (Lipinski definition) is 5. The van der Waals surface area contributed by atoms with Crippen molar-refractivity contribution in [1.29, 1.82) is 0 Å². The highest BCUT2D eigenvalue weighted by Gasteiger charge is 2.53. The van der Waals surface area contributed by atoms with Crippen LogP contribution in [0.2, 0.25) is 0 Å². The first-order valence-electron chi connectivity index (χ1n) is 3.46. The van der Waals surface area contributed by atoms with Crippen LogP contribution in [0.3, 0.4) is 0 Å². The van der Waals surface area contributed by atoms with Crippen LogP contribution in [0.4, 0.5) is 0 Å². The van der Waals surface area contributed by atoms with Gasteiger partial charge in [-0.3, -0.25) is 0 Å². The molecule has 0 saturated carbocycles. The van der Waals surface area contributed by atoms with Crippen LogP contribution in [0.25, 0.3) is 0 Å². The van der Waals surface area contributed by atoms with Gasteiger partial charge in [-0.2, -0.15) is 0 Å². The Morgan fingerprint density at radius 2 is 1.77 bits per heavy atom. The van der Waals surface area contributed by atoms with Crippen molar-refractivity contribution < 1.29 is 35.4 Å². The topological polar surface area (TPSA) is 141 Å². The fraction of sp³-hybridized carbons (Fsp3) is 0.833. The molecule has 1 atom stereocenters. The van der Waals surface area contributed by atoms with Crippen molar-refractivity contribution in [3.63, 3.8) is 0 Å². The van der Waals surface area contributed by atoms with Gasteiger partial charge in [0, 0.05) is 0 Å². The molecule has 0 heterocycles. The lowest BCUT2D eigenvalue weighted by Gasteiger charge is -2.38. The average Bonchev–Trinajstić information content (AvgIpc) is 2.02. The molecule has 0 aromatic carbocycles. The van der Waals surface area contributed by atoms with E-state index in [1.54, 1.807) is 0 Å². The number of rotatable bonds is 4. The summed E-state index contributed by atoms with van der Waals surface area (Å²) < 4.78 is 0. The van der Waals surface area contributed by atoms with Crippen molar-refractivity contribution in [1.82, 2.24) is 0 Å². The zero-order valence-corrected chi connectivity index (χ0v) is 6.84. The molecule has 0 fully saturated rings. The standard InChI is InChI=1S/C6H12O7/c1-2-3(7)5(10,11)6(12,13)4(8)9/h3,7,10-13H,2H2,1H3,(H,8,9)/p-1. The molecular weight excluding hydrogens is 184 g/mol. The van der Waals surface area contributed by atoms with Gasteiger partial charge >= 0.3 is 0 Å². The largest absolute Gasteiger partial charge is 0.544 e. The van der Waals surface area contributed by atoms with Crippen molar-refractivity contribution in [2.75, 3.05) is 0 Å². The van der Waals surface area contributed by atoms with Gasteiger partial charge in [0.05, 0.1) is 0 Å². The molecule has 0 spiro atoms. The van der Waals surface area contributed by atoms with Gasteiger partial charge in [0.15, 0.2) is 0 Å². The number of carbonyl (C=O) groups is 1. The summed E-state index contributed by atoms with van der Waals surface area (Å²) in [5.41, 5.74) is 0. The molecule has 1 unspecified atom stereocenters. The second-order valence-electron chi connectivity index (χ2n) is 2.61. The molecule has 0 bridgehead atoms. The van der Waals surface area contributed by atoms with E-state index in [0.29, 0.717) is 0 Å². The predicted octanol–water partition coefficient (Wildman–Crippen LogP) is -4.13. The lowest BCUT2D eigenvalue weighted by atomic mass is 9.98. The minimum Gasteiger partial charge on any atom is -0.544 e. The quantitative estimate of drug-likeness (QED) is 0.287. The van der Waals surface area contributed by atoms with Gasteiger partial charge < -0.3 is 35.4 Å². The van der Waals surface area contributed by atoms with Gasteiger partial charge in [-0.1, -0.05) is 6.92 Å². The smallest absolute Gasteiger partial charge is 0.263 e. The molecule has 78 valence electrons. The number of aliphatic hydroxyl groups excluding tert-OH is 1. The summed E-state index contributed by atoms with van der Waals surface area (Å²) in [6.07, 6.45) is -2.29. The van der Waals surface area contributed by atoms with Gasteiger partial charge in [-0.25, -0.2) is 0 Å². The zero-order valence-electron chi connectivity index (χ0n) is 6.84. The van der Waals surface area contributed by atoms with Gasteiger partial charge in [0.25, 0.3) is 11.6 Å². The maximum absolute atomic E-state index is 10.0. The molecule has 0 aromatic rings. The van der Waals surface area contributed by atoms with Gasteiger partial charge in [0.1, 0.15) is 12.1 Å². The maximum Gasteiger partial charge on any atom is 0.263 e. The van der Waals surface area contributed by atoms with Crippen LogP contribution in [0.15, 0.2) is 0 Å². The van der Waals surface area contributed by atoms with Crippen LogP contribution < -0.4 is 5.11 Å². The van der Waals surface area contributed by atoms with Crippen molar-refractivity contribution in [3.05, 3.63) is 0 Å². The molecule has 0 amide bonds. The summed E-state index contributed by atoms with van der Waals surface area (Å²) in [7, 11) is 0. The molecule has 7 heteroatoms. The molecule has 0 aliphatic heterocycles. The summed E-state index contributed by atoms with van der Waals surface area (Å²) in [5.74, 6) is -9.99. The first-order chi connectivity index (χ1) is 5.67. The van der Waals surface area contributed by atoms with Crippen LogP contribution in [0.5, 0.6) is 0 Å². The number of carboxylic acid groups (broad SMARTS) is 1. The summed E-state index contributed by atoms with van der Waals surface area (Å²) >= 11 is 0. The SMILES string of the molecule is CCC(O)C(O)(O)C(O)(O)C(=O)[O-]. The fourth-order valence-electron chi connectivity index (χ4n) is 0.667. The highest BCUT2D eigenvalue weighted by Crippen LogP contribution is 2.22. The Bertz CT molecular complexity index is 197. The number of aliphatic carboxylic acids is 1. The Morgan fingerprint density at radius 3 is 2.00 bits per heavy atom. The van der Waals surface area contributed by atoms with Gasteiger partial charge in [-0.15, -0.1) is 0 Å². The first kappa shape index (κ1) is 12.3. The summed E-state index contributed by atoms with van der Waals surface area (Å²) in [6, 6.07) is 0. The van der Waals surface area contributed by atoms with Crippen molar-refractivity contribution in [2.45, 2.75) is 31.0 Å². The molecule has 7 nitrogen and oxygen atoms in total. The minimum absolute atomic E-state index is 0.275. The molecule has 0 radical (unpaired) electrons. The van der Waals surface area contributed by atoms with E-state index in [0.717, 1.165) is 0 Å². The van der Waals surface area contributed by atoms with E-state index >= 15 is 0 Å². The number of carbonyl (C=O) groups excluding carboxylic acids is 1. The Labute approximate surface area is 73.5 Å². The van der Waals surface area contributed by atoms with Crippen LogP contribution in [-0.2, 0) is 4.79 Å². The van der Waals surface area contributed by atoms with Crippen molar-refractivity contribution >= 4 is 5.97 Å². The fourth-order valence-corrected chi connectivity index (χ4v) is 0.667. The van der Waals surface area contributed by atoms with E-state index in [1.807, 2.05) is 0 Å². The van der Waals surface area contributed by atoms with Crippen molar-refractivity contribution in [2.24, 2.45) is 0 Å². The summed E-state index contributed by atoms with van der Waals surface area (Å²) in [5, 5.41) is 53.9. The second-order valence-corrected chi connectivity index (χ2v) is 2.61. The predicted molar refractivity (Wildman–Crippen MR) is 35.6 cm³/mol. The molecule has 0 rings (SSSR count). The molecule has 0 aliphatic rings. The van der Waals surface area contributed by atoms with E-state index in [1.165, 1.54) is 6.92 Å².